The van der Waals surface area contributed by atoms with E-state index in [9.17, 15) is 20.0 Å². The molecule has 7 nitrogen and oxygen atoms in total. The van der Waals surface area contributed by atoms with E-state index in [0.29, 0.717) is 10.4 Å². The van der Waals surface area contributed by atoms with Gasteiger partial charge in [0, 0.05) is 10.4 Å². The first kappa shape index (κ1) is 13.9. The lowest BCUT2D eigenvalue weighted by molar-refractivity contribution is -0.385. The van der Waals surface area contributed by atoms with Gasteiger partial charge in [-0.15, -0.1) is 11.3 Å². The van der Waals surface area contributed by atoms with Crippen LogP contribution in [0.5, 0.6) is 0 Å². The van der Waals surface area contributed by atoms with E-state index >= 15 is 0 Å². The molecule has 0 fully saturated rings. The molecule has 0 saturated carbocycles. The van der Waals surface area contributed by atoms with Gasteiger partial charge in [0.15, 0.2) is 6.04 Å². The molecule has 20 heavy (non-hydrogen) atoms. The minimum absolute atomic E-state index is 0.0986. The van der Waals surface area contributed by atoms with Crippen molar-refractivity contribution in [1.29, 1.82) is 0 Å². The van der Waals surface area contributed by atoms with Gasteiger partial charge in [-0.1, -0.05) is 6.07 Å². The number of pyridine rings is 1. The number of aryl methyl sites for hydroxylation is 1. The van der Waals surface area contributed by atoms with Crippen molar-refractivity contribution in [3.05, 3.63) is 50.3 Å². The highest BCUT2D eigenvalue weighted by molar-refractivity contribution is 7.10. The summed E-state index contributed by atoms with van der Waals surface area (Å²) in [6.45, 7) is 1.58. The number of aliphatic carboxylic acids is 1. The Hall–Kier alpha value is -2.48. The lowest BCUT2D eigenvalue weighted by Crippen LogP contribution is -2.20. The summed E-state index contributed by atoms with van der Waals surface area (Å²) in [5.74, 6) is -0.751. The van der Waals surface area contributed by atoms with E-state index in [0.717, 1.165) is 6.20 Å². The van der Waals surface area contributed by atoms with E-state index in [1.165, 1.54) is 17.4 Å². The molecule has 104 valence electrons. The summed E-state index contributed by atoms with van der Waals surface area (Å²) in [5, 5.41) is 24.5. The third kappa shape index (κ3) is 2.91. The maximum Gasteiger partial charge on any atom is 0.331 e. The number of nitrogens with one attached hydrogen (secondary N) is 1. The lowest BCUT2D eigenvalue weighted by Gasteiger charge is -2.13. The van der Waals surface area contributed by atoms with E-state index in [4.69, 9.17) is 0 Å². The average Bonchev–Trinajstić information content (AvgIpc) is 2.88. The molecule has 0 aliphatic carbocycles. The van der Waals surface area contributed by atoms with Crippen LogP contribution in [0.15, 0.2) is 29.8 Å². The molecule has 2 heterocycles. The van der Waals surface area contributed by atoms with E-state index in [1.807, 2.05) is 0 Å². The lowest BCUT2D eigenvalue weighted by atomic mass is 10.2. The summed E-state index contributed by atoms with van der Waals surface area (Å²) < 4.78 is 0. The van der Waals surface area contributed by atoms with Crippen LogP contribution < -0.4 is 5.32 Å². The Kier molecular flexibility index (Phi) is 3.94. The van der Waals surface area contributed by atoms with Crippen molar-refractivity contribution < 1.29 is 14.8 Å². The van der Waals surface area contributed by atoms with Crippen LogP contribution in [0.25, 0.3) is 0 Å². The molecule has 2 N–H and O–H groups in total. The zero-order valence-electron chi connectivity index (χ0n) is 10.4. The molecule has 0 saturated heterocycles. The third-order valence-corrected chi connectivity index (χ3v) is 3.58. The number of carbonyl (C=O) groups is 1. The van der Waals surface area contributed by atoms with Gasteiger partial charge >= 0.3 is 5.97 Å². The number of nitrogens with zero attached hydrogens (tertiary/aromatic N) is 2. The van der Waals surface area contributed by atoms with E-state index in [2.05, 4.69) is 10.3 Å². The molecule has 0 spiro atoms. The molecule has 2 rings (SSSR count). The summed E-state index contributed by atoms with van der Waals surface area (Å²) in [6, 6.07) is 3.99. The molecule has 1 unspecified atom stereocenters. The normalized spacial score (nSPS) is 11.8. The Morgan fingerprint density at radius 3 is 2.85 bits per heavy atom. The van der Waals surface area contributed by atoms with Gasteiger partial charge in [-0.2, -0.15) is 0 Å². The second kappa shape index (κ2) is 5.66. The fourth-order valence-electron chi connectivity index (χ4n) is 1.68. The molecule has 0 bridgehead atoms. The van der Waals surface area contributed by atoms with Crippen LogP contribution in [0.3, 0.4) is 0 Å². The Morgan fingerprint density at radius 2 is 2.35 bits per heavy atom. The summed E-state index contributed by atoms with van der Waals surface area (Å²) in [5.41, 5.74) is 0.321. The summed E-state index contributed by atoms with van der Waals surface area (Å²) >= 11 is 1.31. The van der Waals surface area contributed by atoms with Gasteiger partial charge in [-0.05, 0) is 24.4 Å². The first-order valence-corrected chi connectivity index (χ1v) is 6.51. The zero-order valence-corrected chi connectivity index (χ0v) is 11.3. The van der Waals surface area contributed by atoms with Gasteiger partial charge in [0.25, 0.3) is 5.69 Å². The van der Waals surface area contributed by atoms with Crippen molar-refractivity contribution in [2.24, 2.45) is 0 Å². The molecular weight excluding hydrogens is 282 g/mol. The molecule has 8 heteroatoms. The van der Waals surface area contributed by atoms with Crippen LogP contribution in [0.2, 0.25) is 0 Å². The predicted octanol–water partition coefficient (Wildman–Crippen LogP) is 2.60. The molecule has 2 aromatic heterocycles. The van der Waals surface area contributed by atoms with E-state index in [-0.39, 0.29) is 11.5 Å². The van der Waals surface area contributed by atoms with Crippen LogP contribution in [-0.2, 0) is 4.79 Å². The van der Waals surface area contributed by atoms with Gasteiger partial charge in [0.1, 0.15) is 12.0 Å². The second-order valence-corrected chi connectivity index (χ2v) is 5.02. The fraction of sp³-hybridized carbons (Fsp3) is 0.167. The molecule has 0 aliphatic heterocycles. The minimum atomic E-state index is -1.04. The van der Waals surface area contributed by atoms with Crippen LogP contribution in [-0.4, -0.2) is 21.0 Å². The quantitative estimate of drug-likeness (QED) is 0.648. The second-order valence-electron chi connectivity index (χ2n) is 4.04. The Morgan fingerprint density at radius 1 is 1.60 bits per heavy atom. The molecular formula is C12H11N3O4S. The number of hydrogen-bond donors (Lipinski definition) is 2. The summed E-state index contributed by atoms with van der Waals surface area (Å²) in [6.07, 6.45) is 1.12. The Bertz CT molecular complexity index is 642. The van der Waals surface area contributed by atoms with Gasteiger partial charge in [-0.3, -0.25) is 10.1 Å². The smallest absolute Gasteiger partial charge is 0.331 e. The number of carboxylic acid groups (broad SMARTS) is 1. The maximum absolute atomic E-state index is 11.3. The van der Waals surface area contributed by atoms with Crippen LogP contribution in [0.1, 0.15) is 16.5 Å². The minimum Gasteiger partial charge on any atom is -0.479 e. The molecule has 1 atom stereocenters. The van der Waals surface area contributed by atoms with Crippen molar-refractivity contribution in [2.45, 2.75) is 13.0 Å². The first-order valence-electron chi connectivity index (χ1n) is 5.63. The number of nitro groups is 1. The maximum atomic E-state index is 11.3. The van der Waals surface area contributed by atoms with Crippen LogP contribution in [0, 0.1) is 17.0 Å². The standard InChI is InChI=1S/C12H11N3O4S/c1-7-5-10(13-6-8(7)15(18)19)14-11(12(16)17)9-3-2-4-20-9/h2-6,11H,1H3,(H,13,14)(H,16,17). The number of aromatic nitrogens is 1. The van der Waals surface area contributed by atoms with E-state index < -0.39 is 16.9 Å². The van der Waals surface area contributed by atoms with Crippen molar-refractivity contribution in [3.63, 3.8) is 0 Å². The van der Waals surface area contributed by atoms with Crippen molar-refractivity contribution >= 4 is 28.8 Å². The average molecular weight is 293 g/mol. The van der Waals surface area contributed by atoms with Crippen LogP contribution in [0.4, 0.5) is 11.5 Å². The summed E-state index contributed by atoms with van der Waals surface area (Å²) in [7, 11) is 0. The highest BCUT2D eigenvalue weighted by atomic mass is 32.1. The fourth-order valence-corrected chi connectivity index (χ4v) is 2.44. The number of hydrogen-bond acceptors (Lipinski definition) is 6. The van der Waals surface area contributed by atoms with Crippen molar-refractivity contribution in [3.8, 4) is 0 Å². The van der Waals surface area contributed by atoms with Crippen LogP contribution >= 0.6 is 11.3 Å². The predicted molar refractivity (Wildman–Crippen MR) is 73.9 cm³/mol. The molecule has 0 aromatic carbocycles. The number of carboxylic acids is 1. The molecule has 2 aromatic rings. The van der Waals surface area contributed by atoms with Gasteiger partial charge < -0.3 is 10.4 Å². The number of rotatable bonds is 5. The van der Waals surface area contributed by atoms with Gasteiger partial charge in [0.05, 0.1) is 4.92 Å². The Labute approximate surface area is 118 Å². The van der Waals surface area contributed by atoms with Gasteiger partial charge in [0.2, 0.25) is 0 Å². The topological polar surface area (TPSA) is 105 Å². The Balaban J connectivity index is 2.26. The van der Waals surface area contributed by atoms with Crippen molar-refractivity contribution in [2.75, 3.05) is 5.32 Å². The monoisotopic (exact) mass is 293 g/mol. The first-order chi connectivity index (χ1) is 9.49. The van der Waals surface area contributed by atoms with Crippen molar-refractivity contribution in [1.82, 2.24) is 4.98 Å². The number of thiophene rings is 1. The highest BCUT2D eigenvalue weighted by Gasteiger charge is 2.22. The highest BCUT2D eigenvalue weighted by Crippen LogP contribution is 2.25. The van der Waals surface area contributed by atoms with E-state index in [1.54, 1.807) is 24.4 Å². The SMILES string of the molecule is Cc1cc(NC(C(=O)O)c2cccs2)ncc1[N+](=O)[O-]. The summed E-state index contributed by atoms with van der Waals surface area (Å²) in [4.78, 5) is 26.0. The molecule has 0 amide bonds. The molecule has 0 aliphatic rings. The largest absolute Gasteiger partial charge is 0.479 e. The number of anilines is 1. The third-order valence-electron chi connectivity index (χ3n) is 2.65. The zero-order chi connectivity index (χ0) is 14.7. The molecule has 0 radical (unpaired) electrons. The van der Waals surface area contributed by atoms with Gasteiger partial charge in [-0.25, -0.2) is 9.78 Å².